The van der Waals surface area contributed by atoms with E-state index < -0.39 is 6.09 Å². The van der Waals surface area contributed by atoms with Crippen molar-refractivity contribution in [3.05, 3.63) is 83.2 Å². The molecule has 3 aromatic rings. The van der Waals surface area contributed by atoms with Gasteiger partial charge in [-0.3, -0.25) is 9.78 Å². The molecule has 1 aromatic heterocycles. The molecular formula is C22H21N3O3. The number of aryl methyl sites for hydroxylation is 2. The number of nitrogens with zero attached hydrogens (tertiary/aromatic N) is 1. The number of hydrogen-bond acceptors (Lipinski definition) is 4. The molecule has 142 valence electrons. The van der Waals surface area contributed by atoms with Gasteiger partial charge in [-0.25, -0.2) is 4.79 Å². The van der Waals surface area contributed by atoms with E-state index in [9.17, 15) is 9.59 Å². The third kappa shape index (κ3) is 4.54. The van der Waals surface area contributed by atoms with Crippen LogP contribution in [-0.4, -0.2) is 17.0 Å². The lowest BCUT2D eigenvalue weighted by atomic mass is 10.0. The molecule has 0 atom stereocenters. The Morgan fingerprint density at radius 2 is 1.68 bits per heavy atom. The number of hydrogen-bond donors (Lipinski definition) is 2. The summed E-state index contributed by atoms with van der Waals surface area (Å²) in [7, 11) is 0. The van der Waals surface area contributed by atoms with E-state index in [1.165, 1.54) is 0 Å². The zero-order valence-electron chi connectivity index (χ0n) is 15.7. The zero-order chi connectivity index (χ0) is 20.1. The van der Waals surface area contributed by atoms with E-state index >= 15 is 0 Å². The van der Waals surface area contributed by atoms with Gasteiger partial charge in [0.1, 0.15) is 6.61 Å². The highest BCUT2D eigenvalue weighted by Gasteiger charge is 2.11. The van der Waals surface area contributed by atoms with Crippen molar-refractivity contribution in [3.8, 4) is 11.1 Å². The molecule has 2 amide bonds. The first-order chi connectivity index (χ1) is 13.4. The predicted molar refractivity (Wildman–Crippen MR) is 108 cm³/mol. The van der Waals surface area contributed by atoms with E-state index in [0.29, 0.717) is 5.56 Å². The summed E-state index contributed by atoms with van der Waals surface area (Å²) >= 11 is 0. The number of rotatable bonds is 5. The molecule has 0 bridgehead atoms. The van der Waals surface area contributed by atoms with Crippen LogP contribution in [0.4, 0.5) is 10.5 Å². The van der Waals surface area contributed by atoms with Gasteiger partial charge in [0.05, 0.1) is 5.56 Å². The fourth-order valence-electron chi connectivity index (χ4n) is 2.87. The third-order valence-electron chi connectivity index (χ3n) is 4.39. The minimum atomic E-state index is -0.809. The summed E-state index contributed by atoms with van der Waals surface area (Å²) in [6, 6.07) is 15.1. The normalized spacial score (nSPS) is 10.4. The van der Waals surface area contributed by atoms with E-state index in [4.69, 9.17) is 10.5 Å². The number of primary amides is 1. The number of ether oxygens (including phenoxy) is 1. The molecule has 0 saturated heterocycles. The fourth-order valence-corrected chi connectivity index (χ4v) is 2.87. The van der Waals surface area contributed by atoms with Crippen molar-refractivity contribution in [1.29, 1.82) is 0 Å². The second-order valence-electron chi connectivity index (χ2n) is 6.49. The zero-order valence-corrected chi connectivity index (χ0v) is 15.7. The van der Waals surface area contributed by atoms with Gasteiger partial charge >= 0.3 is 6.09 Å². The van der Waals surface area contributed by atoms with Gasteiger partial charge in [0, 0.05) is 23.6 Å². The fraction of sp³-hybridized carbons (Fsp3) is 0.136. The first-order valence-electron chi connectivity index (χ1n) is 8.78. The summed E-state index contributed by atoms with van der Waals surface area (Å²) in [5.74, 6) is -0.210. The van der Waals surface area contributed by atoms with E-state index in [1.54, 1.807) is 18.5 Å². The van der Waals surface area contributed by atoms with E-state index in [1.807, 2.05) is 56.3 Å². The Kier molecular flexibility index (Phi) is 5.69. The average molecular weight is 375 g/mol. The van der Waals surface area contributed by atoms with E-state index in [0.717, 1.165) is 33.5 Å². The first-order valence-corrected chi connectivity index (χ1v) is 8.78. The van der Waals surface area contributed by atoms with Gasteiger partial charge in [0.2, 0.25) is 0 Å². The van der Waals surface area contributed by atoms with Crippen molar-refractivity contribution in [2.24, 2.45) is 5.73 Å². The highest BCUT2D eigenvalue weighted by atomic mass is 16.5. The Morgan fingerprint density at radius 3 is 2.32 bits per heavy atom. The molecule has 3 rings (SSSR count). The minimum absolute atomic E-state index is 0.117. The minimum Gasteiger partial charge on any atom is -0.445 e. The largest absolute Gasteiger partial charge is 0.445 e. The number of nitrogens with two attached hydrogens (primary N) is 1. The van der Waals surface area contributed by atoms with Crippen molar-refractivity contribution in [3.63, 3.8) is 0 Å². The highest BCUT2D eigenvalue weighted by molar-refractivity contribution is 6.05. The summed E-state index contributed by atoms with van der Waals surface area (Å²) < 4.78 is 4.77. The number of carbonyl (C=O) groups is 2. The molecule has 0 aliphatic heterocycles. The molecule has 28 heavy (non-hydrogen) atoms. The molecule has 2 aromatic carbocycles. The van der Waals surface area contributed by atoms with Gasteiger partial charge < -0.3 is 15.8 Å². The molecule has 0 aliphatic carbocycles. The monoisotopic (exact) mass is 375 g/mol. The number of aromatic nitrogens is 1. The number of para-hydroxylation sites is 1. The Bertz CT molecular complexity index is 994. The molecule has 6 nitrogen and oxygen atoms in total. The lowest BCUT2D eigenvalue weighted by molar-refractivity contribution is 0.102. The highest BCUT2D eigenvalue weighted by Crippen LogP contribution is 2.23. The maximum atomic E-state index is 12.7. The molecule has 0 spiro atoms. The van der Waals surface area contributed by atoms with Crippen LogP contribution in [-0.2, 0) is 11.3 Å². The summed E-state index contributed by atoms with van der Waals surface area (Å²) in [5, 5.41) is 2.97. The maximum absolute atomic E-state index is 12.7. The summed E-state index contributed by atoms with van der Waals surface area (Å²) in [6.45, 7) is 4.04. The van der Waals surface area contributed by atoms with E-state index in [2.05, 4.69) is 10.3 Å². The van der Waals surface area contributed by atoms with Crippen LogP contribution in [0.2, 0.25) is 0 Å². The predicted octanol–water partition coefficient (Wildman–Crippen LogP) is 4.21. The van der Waals surface area contributed by atoms with Crippen molar-refractivity contribution >= 4 is 17.7 Å². The SMILES string of the molecule is Cc1cccc(C)c1NC(=O)c1cncc(-c2ccc(COC(N)=O)cc2)c1. The third-order valence-corrected chi connectivity index (χ3v) is 4.39. The van der Waals surface area contributed by atoms with Crippen molar-refractivity contribution in [2.75, 3.05) is 5.32 Å². The topological polar surface area (TPSA) is 94.3 Å². The summed E-state index contributed by atoms with van der Waals surface area (Å²) in [6.07, 6.45) is 2.43. The van der Waals surface area contributed by atoms with Gasteiger partial charge in [-0.1, -0.05) is 42.5 Å². The number of pyridine rings is 1. The number of nitrogens with one attached hydrogen (secondary N) is 1. The average Bonchev–Trinajstić information content (AvgIpc) is 2.69. The van der Waals surface area contributed by atoms with Crippen LogP contribution in [0.15, 0.2) is 60.9 Å². The molecule has 1 heterocycles. The smallest absolute Gasteiger partial charge is 0.404 e. The second-order valence-corrected chi connectivity index (χ2v) is 6.49. The lowest BCUT2D eigenvalue weighted by Crippen LogP contribution is -2.14. The van der Waals surface area contributed by atoms with Crippen LogP contribution in [0, 0.1) is 13.8 Å². The van der Waals surface area contributed by atoms with Gasteiger partial charge in [-0.15, -0.1) is 0 Å². The van der Waals surface area contributed by atoms with Crippen LogP contribution in [0.5, 0.6) is 0 Å². The Morgan fingerprint density at radius 1 is 1.00 bits per heavy atom. The Labute approximate surface area is 163 Å². The maximum Gasteiger partial charge on any atom is 0.404 e. The Balaban J connectivity index is 1.78. The van der Waals surface area contributed by atoms with Crippen LogP contribution in [0.1, 0.15) is 27.0 Å². The van der Waals surface area contributed by atoms with E-state index in [-0.39, 0.29) is 12.5 Å². The molecule has 3 N–H and O–H groups in total. The van der Waals surface area contributed by atoms with Crippen LogP contribution in [0.3, 0.4) is 0 Å². The number of anilines is 1. The lowest BCUT2D eigenvalue weighted by Gasteiger charge is -2.12. The quantitative estimate of drug-likeness (QED) is 0.698. The van der Waals surface area contributed by atoms with Gasteiger partial charge in [0.15, 0.2) is 0 Å². The Hall–Kier alpha value is -3.67. The molecule has 0 saturated carbocycles. The van der Waals surface area contributed by atoms with Gasteiger partial charge in [-0.05, 0) is 42.2 Å². The number of benzene rings is 2. The first kappa shape index (κ1) is 19.1. The molecule has 0 radical (unpaired) electrons. The number of carbonyl (C=O) groups excluding carboxylic acids is 2. The second kappa shape index (κ2) is 8.35. The molecule has 6 heteroatoms. The molecular weight excluding hydrogens is 354 g/mol. The van der Waals surface area contributed by atoms with Crippen LogP contribution < -0.4 is 11.1 Å². The molecule has 0 aliphatic rings. The van der Waals surface area contributed by atoms with Gasteiger partial charge in [-0.2, -0.15) is 0 Å². The van der Waals surface area contributed by atoms with Crippen LogP contribution >= 0.6 is 0 Å². The van der Waals surface area contributed by atoms with Crippen molar-refractivity contribution in [2.45, 2.75) is 20.5 Å². The molecule has 0 fully saturated rings. The summed E-state index contributed by atoms with van der Waals surface area (Å²) in [4.78, 5) is 27.6. The van der Waals surface area contributed by atoms with Crippen molar-refractivity contribution in [1.82, 2.24) is 4.98 Å². The number of amides is 2. The van der Waals surface area contributed by atoms with Gasteiger partial charge in [0.25, 0.3) is 5.91 Å². The standard InChI is InChI=1S/C22H21N3O3/c1-14-4-3-5-15(2)20(14)25-21(26)19-10-18(11-24-12-19)17-8-6-16(7-9-17)13-28-22(23)27/h3-12H,13H2,1-2H3,(H2,23,27)(H,25,26). The molecule has 0 unspecified atom stereocenters. The van der Waals surface area contributed by atoms with Crippen LogP contribution in [0.25, 0.3) is 11.1 Å². The van der Waals surface area contributed by atoms with Crippen molar-refractivity contribution < 1.29 is 14.3 Å². The summed E-state index contributed by atoms with van der Waals surface area (Å²) in [5.41, 5.74) is 10.8.